The number of aliphatic imine (C=N–C) groups is 1. The summed E-state index contributed by atoms with van der Waals surface area (Å²) in [6.07, 6.45) is 6.65. The van der Waals surface area contributed by atoms with Crippen LogP contribution in [0.1, 0.15) is 30.6 Å². The molecule has 9 heteroatoms. The Morgan fingerprint density at radius 2 is 2.30 bits per heavy atom. The molecule has 1 saturated heterocycles. The number of guanidine groups is 1. The summed E-state index contributed by atoms with van der Waals surface area (Å²) in [5, 5.41) is 10.4. The summed E-state index contributed by atoms with van der Waals surface area (Å²) in [4.78, 5) is 18.7. The van der Waals surface area contributed by atoms with E-state index in [1.54, 1.807) is 12.3 Å². The first-order valence-corrected chi connectivity index (χ1v) is 8.96. The van der Waals surface area contributed by atoms with Gasteiger partial charge in [0.05, 0.1) is 19.0 Å². The molecule has 0 aromatic carbocycles. The van der Waals surface area contributed by atoms with Crippen molar-refractivity contribution in [3.05, 3.63) is 42.1 Å². The number of nitrogens with one attached hydrogen (secondary N) is 2. The Kier molecular flexibility index (Phi) is 8.14. The minimum atomic E-state index is -0.125. The van der Waals surface area contributed by atoms with E-state index in [0.717, 1.165) is 37.8 Å². The van der Waals surface area contributed by atoms with Crippen molar-refractivity contribution in [2.45, 2.75) is 25.8 Å². The van der Waals surface area contributed by atoms with E-state index >= 15 is 0 Å². The number of amides is 1. The van der Waals surface area contributed by atoms with Gasteiger partial charge >= 0.3 is 0 Å². The molecule has 0 spiro atoms. The fraction of sp³-hybridized carbons (Fsp3) is 0.500. The number of rotatable bonds is 6. The van der Waals surface area contributed by atoms with Crippen LogP contribution in [-0.2, 0) is 18.4 Å². The Morgan fingerprint density at radius 1 is 1.44 bits per heavy atom. The Bertz CT molecular complexity index is 743. The molecule has 1 atom stereocenters. The molecule has 3 rings (SSSR count). The van der Waals surface area contributed by atoms with Gasteiger partial charge in [-0.05, 0) is 31.0 Å². The third-order valence-corrected chi connectivity index (χ3v) is 4.43. The van der Waals surface area contributed by atoms with Gasteiger partial charge in [0.15, 0.2) is 5.96 Å². The van der Waals surface area contributed by atoms with Gasteiger partial charge in [0.2, 0.25) is 5.91 Å². The van der Waals surface area contributed by atoms with E-state index in [-0.39, 0.29) is 36.4 Å². The second-order valence-corrected chi connectivity index (χ2v) is 6.41. The van der Waals surface area contributed by atoms with Gasteiger partial charge in [-0.1, -0.05) is 0 Å². The molecule has 3 heterocycles. The fourth-order valence-corrected chi connectivity index (χ4v) is 3.10. The molecular weight excluding hydrogens is 459 g/mol. The molecule has 0 bridgehead atoms. The lowest BCUT2D eigenvalue weighted by Gasteiger charge is -2.21. The lowest BCUT2D eigenvalue weighted by molar-refractivity contribution is -0.119. The highest BCUT2D eigenvalue weighted by Crippen LogP contribution is 2.26. The molecule has 1 aliphatic rings. The maximum Gasteiger partial charge on any atom is 0.242 e. The summed E-state index contributed by atoms with van der Waals surface area (Å²) in [5.74, 6) is 1.83. The molecule has 1 unspecified atom stereocenters. The third-order valence-electron chi connectivity index (χ3n) is 4.43. The Balaban J connectivity index is 0.00000261. The van der Waals surface area contributed by atoms with Crippen LogP contribution in [0.25, 0.3) is 0 Å². The van der Waals surface area contributed by atoms with Crippen molar-refractivity contribution < 1.29 is 9.21 Å². The van der Waals surface area contributed by atoms with Crippen LogP contribution < -0.4 is 10.6 Å². The average Bonchev–Trinajstić information content (AvgIpc) is 3.37. The second kappa shape index (κ2) is 10.3. The average molecular weight is 486 g/mol. The summed E-state index contributed by atoms with van der Waals surface area (Å²) in [7, 11) is 1.93. The number of halogens is 1. The number of carbonyl (C=O) groups is 1. The molecule has 8 nitrogen and oxygen atoms in total. The normalized spacial score (nSPS) is 16.9. The quantitative estimate of drug-likeness (QED) is 0.369. The van der Waals surface area contributed by atoms with E-state index < -0.39 is 0 Å². The van der Waals surface area contributed by atoms with Crippen LogP contribution >= 0.6 is 24.0 Å². The number of aromatic nitrogens is 2. The van der Waals surface area contributed by atoms with Gasteiger partial charge < -0.3 is 20.0 Å². The molecule has 0 saturated carbocycles. The summed E-state index contributed by atoms with van der Waals surface area (Å²) >= 11 is 0. The van der Waals surface area contributed by atoms with Crippen molar-refractivity contribution in [2.75, 3.05) is 26.2 Å². The monoisotopic (exact) mass is 486 g/mol. The Hall–Kier alpha value is -2.04. The number of furan rings is 1. The van der Waals surface area contributed by atoms with Crippen molar-refractivity contribution in [1.82, 2.24) is 25.3 Å². The Labute approximate surface area is 176 Å². The predicted molar refractivity (Wildman–Crippen MR) is 114 cm³/mol. The van der Waals surface area contributed by atoms with Gasteiger partial charge in [-0.25, -0.2) is 4.99 Å². The number of hydrogen-bond acceptors (Lipinski definition) is 4. The van der Waals surface area contributed by atoms with Gasteiger partial charge in [-0.2, -0.15) is 5.10 Å². The van der Waals surface area contributed by atoms with Crippen LogP contribution in [0.4, 0.5) is 0 Å². The van der Waals surface area contributed by atoms with Crippen LogP contribution in [0.15, 0.2) is 40.2 Å². The third kappa shape index (κ3) is 5.98. The number of carbonyl (C=O) groups excluding carboxylic acids is 1. The minimum absolute atomic E-state index is 0. The van der Waals surface area contributed by atoms with Crippen LogP contribution in [0.5, 0.6) is 0 Å². The molecule has 27 heavy (non-hydrogen) atoms. The lowest BCUT2D eigenvalue weighted by Crippen LogP contribution is -2.40. The van der Waals surface area contributed by atoms with Crippen molar-refractivity contribution in [1.29, 1.82) is 0 Å². The first-order chi connectivity index (χ1) is 12.7. The first kappa shape index (κ1) is 21.3. The maximum atomic E-state index is 12.0. The molecule has 0 radical (unpaired) electrons. The number of likely N-dealkylation sites (tertiary alicyclic amines) is 1. The zero-order chi connectivity index (χ0) is 18.4. The van der Waals surface area contributed by atoms with E-state index in [2.05, 4.69) is 31.8 Å². The van der Waals surface area contributed by atoms with Crippen molar-refractivity contribution in [3.8, 4) is 0 Å². The van der Waals surface area contributed by atoms with E-state index in [9.17, 15) is 4.79 Å². The van der Waals surface area contributed by atoms with E-state index in [4.69, 9.17) is 4.42 Å². The van der Waals surface area contributed by atoms with Gasteiger partial charge in [0, 0.05) is 38.8 Å². The van der Waals surface area contributed by atoms with Crippen molar-refractivity contribution >= 4 is 35.8 Å². The Morgan fingerprint density at radius 3 is 2.96 bits per heavy atom. The SMILES string of the molecule is CCNC(=NCC(=O)NCc1ccco1)N1CCC(c2cnn(C)c2)C1.I. The van der Waals surface area contributed by atoms with Gasteiger partial charge in [0.1, 0.15) is 12.3 Å². The van der Waals surface area contributed by atoms with E-state index in [0.29, 0.717) is 12.5 Å². The summed E-state index contributed by atoms with van der Waals surface area (Å²) in [5.41, 5.74) is 1.25. The largest absolute Gasteiger partial charge is 0.467 e. The van der Waals surface area contributed by atoms with Crippen molar-refractivity contribution in [3.63, 3.8) is 0 Å². The molecular formula is C18H27IN6O2. The summed E-state index contributed by atoms with van der Waals surface area (Å²) in [6.45, 7) is 5.06. The highest BCUT2D eigenvalue weighted by atomic mass is 127. The van der Waals surface area contributed by atoms with Gasteiger partial charge in [0.25, 0.3) is 0 Å². The van der Waals surface area contributed by atoms with Gasteiger partial charge in [-0.3, -0.25) is 9.48 Å². The van der Waals surface area contributed by atoms with Gasteiger partial charge in [-0.15, -0.1) is 24.0 Å². The molecule has 2 aromatic rings. The van der Waals surface area contributed by atoms with Crippen LogP contribution in [-0.4, -0.2) is 52.7 Å². The topological polar surface area (TPSA) is 87.7 Å². The molecule has 1 fully saturated rings. The highest BCUT2D eigenvalue weighted by molar-refractivity contribution is 14.0. The number of aryl methyl sites for hydroxylation is 1. The maximum absolute atomic E-state index is 12.0. The zero-order valence-electron chi connectivity index (χ0n) is 15.7. The molecule has 2 N–H and O–H groups in total. The van der Waals surface area contributed by atoms with Crippen molar-refractivity contribution in [2.24, 2.45) is 12.0 Å². The number of hydrogen-bond donors (Lipinski definition) is 2. The lowest BCUT2D eigenvalue weighted by atomic mass is 10.0. The summed E-state index contributed by atoms with van der Waals surface area (Å²) < 4.78 is 7.04. The molecule has 2 aromatic heterocycles. The zero-order valence-corrected chi connectivity index (χ0v) is 18.1. The van der Waals surface area contributed by atoms with E-state index in [1.807, 2.05) is 30.9 Å². The fourth-order valence-electron chi connectivity index (χ4n) is 3.10. The highest BCUT2D eigenvalue weighted by Gasteiger charge is 2.27. The molecule has 0 aliphatic carbocycles. The van der Waals surface area contributed by atoms with E-state index in [1.165, 1.54) is 5.56 Å². The minimum Gasteiger partial charge on any atom is -0.467 e. The second-order valence-electron chi connectivity index (χ2n) is 6.41. The van der Waals surface area contributed by atoms with Crippen LogP contribution in [0, 0.1) is 0 Å². The summed E-state index contributed by atoms with van der Waals surface area (Å²) in [6, 6.07) is 3.63. The molecule has 148 valence electrons. The molecule has 1 aliphatic heterocycles. The standard InChI is InChI=1S/C18H26N6O2.HI/c1-3-19-18(21-11-17(25)20-10-16-5-4-8-26-16)24-7-6-14(13-24)15-9-22-23(2)12-15;/h4-5,8-9,12,14H,3,6-7,10-11,13H2,1-2H3,(H,19,21)(H,20,25);1H. The van der Waals surface area contributed by atoms with Crippen LogP contribution in [0.3, 0.4) is 0 Å². The predicted octanol–water partition coefficient (Wildman–Crippen LogP) is 1.70. The first-order valence-electron chi connectivity index (χ1n) is 8.96. The molecule has 1 amide bonds. The number of nitrogens with zero attached hydrogens (tertiary/aromatic N) is 4. The van der Waals surface area contributed by atoms with Crippen LogP contribution in [0.2, 0.25) is 0 Å². The smallest absolute Gasteiger partial charge is 0.242 e.